The molecule has 0 radical (unpaired) electrons. The van der Waals surface area contributed by atoms with E-state index < -0.39 is 105 Å². The van der Waals surface area contributed by atoms with Gasteiger partial charge in [-0.2, -0.15) is 0 Å². The topological polar surface area (TPSA) is 252 Å². The Morgan fingerprint density at radius 3 is 1.95 bits per heavy atom. The molecule has 2 aliphatic carbocycles. The van der Waals surface area contributed by atoms with Gasteiger partial charge in [0, 0.05) is 18.8 Å². The first-order valence-corrected chi connectivity index (χ1v) is 14.5. The molecule has 2 saturated carbocycles. The van der Waals surface area contributed by atoms with Gasteiger partial charge in [-0.05, 0) is 25.7 Å². The lowest BCUT2D eigenvalue weighted by Crippen LogP contribution is -2.64. The van der Waals surface area contributed by atoms with E-state index >= 15 is 0 Å². The lowest BCUT2D eigenvalue weighted by Gasteiger charge is -2.48. The third-order valence-corrected chi connectivity index (χ3v) is 9.49. The van der Waals surface area contributed by atoms with Crippen molar-refractivity contribution in [3.8, 4) is 0 Å². The third-order valence-electron chi connectivity index (χ3n) is 9.49. The molecule has 3 aliphatic heterocycles. The minimum Gasteiger partial charge on any atom is -0.427 e. The van der Waals surface area contributed by atoms with Crippen LogP contribution in [-0.4, -0.2) is 167 Å². The number of aliphatic hydroxyl groups excluding tert-OH is 10. The summed E-state index contributed by atoms with van der Waals surface area (Å²) in [4.78, 5) is 0. The Kier molecular flexibility index (Phi) is 10.2. The zero-order valence-corrected chi connectivity index (χ0v) is 22.6. The molecule has 11 N–H and O–H groups in total. The van der Waals surface area contributed by atoms with E-state index in [2.05, 4.69) is 0 Å². The molecule has 0 spiro atoms. The van der Waals surface area contributed by atoms with Gasteiger partial charge in [0.05, 0.1) is 43.5 Å². The lowest BCUT2D eigenvalue weighted by molar-refractivity contribution is -0.366. The van der Waals surface area contributed by atoms with Crippen LogP contribution < -0.4 is 0 Å². The minimum atomic E-state index is -1.69. The van der Waals surface area contributed by atoms with E-state index in [9.17, 15) is 51.1 Å². The summed E-state index contributed by atoms with van der Waals surface area (Å²) in [5, 5.41) is 103. The Labute approximate surface area is 236 Å². The Morgan fingerprint density at radius 1 is 0.634 bits per heavy atom. The van der Waals surface area contributed by atoms with Gasteiger partial charge in [0.2, 0.25) is 0 Å². The molecule has 3 saturated heterocycles. The maximum absolute atomic E-state index is 11.0. The first-order valence-electron chi connectivity index (χ1n) is 14.5. The molecular weight excluding hydrogens is 552 g/mol. The molecule has 5 fully saturated rings. The molecule has 15 heteroatoms. The van der Waals surface area contributed by atoms with E-state index in [4.69, 9.17) is 23.7 Å². The largest absolute Gasteiger partial charge is 0.427 e. The Bertz CT molecular complexity index is 850. The number of hydrogen-bond donors (Lipinski definition) is 10. The van der Waals surface area contributed by atoms with Crippen LogP contribution in [0.5, 0.6) is 0 Å². The van der Waals surface area contributed by atoms with Gasteiger partial charge in [-0.25, -0.2) is 0 Å². The highest BCUT2D eigenvalue weighted by atomic mass is 16.7. The van der Waals surface area contributed by atoms with Gasteiger partial charge < -0.3 is 74.7 Å². The highest BCUT2D eigenvalue weighted by Crippen LogP contribution is 2.42. The Hall–Kier alpha value is -0.600. The summed E-state index contributed by atoms with van der Waals surface area (Å²) in [6, 6.07) is 0. The van der Waals surface area contributed by atoms with Crippen LogP contribution in [0.1, 0.15) is 38.5 Å². The van der Waals surface area contributed by atoms with Crippen molar-refractivity contribution in [1.29, 1.82) is 0 Å². The fourth-order valence-electron chi connectivity index (χ4n) is 7.14. The number of hydrogen-bond acceptors (Lipinski definition) is 14. The molecule has 15 nitrogen and oxygen atoms in total. The van der Waals surface area contributed by atoms with Crippen LogP contribution in [-0.2, 0) is 18.9 Å². The smallest absolute Gasteiger partial charge is 0.187 e. The summed E-state index contributed by atoms with van der Waals surface area (Å²) in [6.45, 7) is -1.26. The van der Waals surface area contributed by atoms with Gasteiger partial charge in [0.15, 0.2) is 24.8 Å². The van der Waals surface area contributed by atoms with E-state index in [0.29, 0.717) is 25.7 Å². The lowest BCUT2D eigenvalue weighted by atomic mass is 9.72. The van der Waals surface area contributed by atoms with Gasteiger partial charge in [-0.3, -0.25) is 0 Å². The highest BCUT2D eigenvalue weighted by Gasteiger charge is 2.56. The van der Waals surface area contributed by atoms with Crippen LogP contribution in [0.25, 0.3) is 0 Å². The average molecular weight is 598 g/mol. The summed E-state index contributed by atoms with van der Waals surface area (Å²) >= 11 is 0. The quantitative estimate of drug-likeness (QED) is 0.123. The first kappa shape index (κ1) is 31.8. The van der Waals surface area contributed by atoms with Gasteiger partial charge in [0.25, 0.3) is 0 Å². The van der Waals surface area contributed by atoms with Crippen molar-refractivity contribution in [1.82, 2.24) is 0 Å². The number of rotatable bonds is 7. The van der Waals surface area contributed by atoms with Crippen LogP contribution in [0, 0.1) is 11.8 Å². The van der Waals surface area contributed by atoms with Gasteiger partial charge in [-0.15, -0.1) is 0 Å². The van der Waals surface area contributed by atoms with Gasteiger partial charge >= 0.3 is 0 Å². The first-order chi connectivity index (χ1) is 19.5. The van der Waals surface area contributed by atoms with Crippen LogP contribution in [0.15, 0.2) is 0 Å². The normalized spacial score (nSPS) is 54.6. The average Bonchev–Trinajstić information content (AvgIpc) is 3.22. The summed E-state index contributed by atoms with van der Waals surface area (Å²) in [5.41, 5.74) is 0. The Morgan fingerprint density at radius 2 is 1.29 bits per heavy atom. The molecule has 5 rings (SSSR count). The van der Waals surface area contributed by atoms with Crippen molar-refractivity contribution in [3.05, 3.63) is 0 Å². The standard InChI is InChI=1S/C26H44O15/c27-7-17-19(33)21(35)26(39-17)41-24-18(8-28)40-25(22(36)20(24)34)38-16-6-11-13(31)4-10(29)5-15(11)37-23(16)9-1-2-12(30)14(32)3-9/h9-36H,1-8H2/p+1/t9?,10?,11?,12?,13?,14?,15?,16?,17-,18-,19-,20-,21+,22-,23?,24-,25-,26+/m0/s1. The number of ether oxygens (including phenoxy) is 5. The van der Waals surface area contributed by atoms with Crippen molar-refractivity contribution in [3.63, 3.8) is 0 Å². The predicted molar refractivity (Wildman–Crippen MR) is 134 cm³/mol. The van der Waals surface area contributed by atoms with E-state index in [-0.39, 0.29) is 30.8 Å². The van der Waals surface area contributed by atoms with Crippen molar-refractivity contribution < 1.29 is 74.7 Å². The second-order valence-corrected chi connectivity index (χ2v) is 12.2. The van der Waals surface area contributed by atoms with E-state index in [1.54, 1.807) is 0 Å². The summed E-state index contributed by atoms with van der Waals surface area (Å²) in [7, 11) is 0. The summed E-state index contributed by atoms with van der Waals surface area (Å²) in [5.74, 6) is -0.529. The molecule has 18 atom stereocenters. The molecule has 0 bridgehead atoms. The van der Waals surface area contributed by atoms with E-state index in [1.165, 1.54) is 0 Å². The second kappa shape index (κ2) is 13.2. The molecular formula is C26H45O15+. The third kappa shape index (κ3) is 6.45. The monoisotopic (exact) mass is 597 g/mol. The van der Waals surface area contributed by atoms with Crippen molar-refractivity contribution >= 4 is 0 Å². The SMILES string of the molecule is OC[C@@H]1O[C@H](O[C@@H]2[C@@H](O)[C@H](O)[C@@H](OC3CC4C(O)CC(O)CC4[OH+]C3C3CCC(O)C(O)C3)O[C@H]2CO)[C@H](O)[C@H]1O. The molecule has 5 aliphatic rings. The minimum absolute atomic E-state index is 0.191. The van der Waals surface area contributed by atoms with Crippen LogP contribution in [0.4, 0.5) is 0 Å². The van der Waals surface area contributed by atoms with Crippen molar-refractivity contribution in [2.75, 3.05) is 13.2 Å². The van der Waals surface area contributed by atoms with Crippen molar-refractivity contribution in [2.45, 2.75) is 137 Å². The predicted octanol–water partition coefficient (Wildman–Crippen LogP) is -5.04. The van der Waals surface area contributed by atoms with Gasteiger partial charge in [-0.1, -0.05) is 0 Å². The Balaban J connectivity index is 1.30. The fraction of sp³-hybridized carbons (Fsp3) is 1.00. The molecule has 0 aromatic heterocycles. The molecule has 9 unspecified atom stereocenters. The van der Waals surface area contributed by atoms with Crippen LogP contribution in [0.3, 0.4) is 0 Å². The highest BCUT2D eigenvalue weighted by molar-refractivity contribution is 4.99. The van der Waals surface area contributed by atoms with E-state index in [1.807, 2.05) is 0 Å². The second-order valence-electron chi connectivity index (χ2n) is 12.2. The molecule has 238 valence electrons. The summed E-state index contributed by atoms with van der Waals surface area (Å²) in [6.07, 6.45) is -16.0. The zero-order valence-electron chi connectivity index (χ0n) is 22.6. The van der Waals surface area contributed by atoms with Crippen LogP contribution in [0.2, 0.25) is 0 Å². The van der Waals surface area contributed by atoms with Crippen LogP contribution >= 0.6 is 0 Å². The maximum Gasteiger partial charge on any atom is 0.187 e. The fourth-order valence-corrected chi connectivity index (χ4v) is 7.14. The molecule has 3 heterocycles. The van der Waals surface area contributed by atoms with Gasteiger partial charge in [0.1, 0.15) is 48.8 Å². The molecule has 0 aromatic carbocycles. The summed E-state index contributed by atoms with van der Waals surface area (Å²) < 4.78 is 27.9. The molecule has 0 aromatic rings. The van der Waals surface area contributed by atoms with E-state index in [0.717, 1.165) is 0 Å². The maximum atomic E-state index is 11.0. The number of fused-ring (bicyclic) bond motifs is 1. The number of aliphatic hydroxyl groups is 12. The van der Waals surface area contributed by atoms with Crippen molar-refractivity contribution in [2.24, 2.45) is 11.8 Å². The molecule has 41 heavy (non-hydrogen) atoms. The molecule has 0 amide bonds. The zero-order chi connectivity index (χ0) is 29.6.